The van der Waals surface area contributed by atoms with Crippen LogP contribution in [0, 0.1) is 0 Å². The summed E-state index contributed by atoms with van der Waals surface area (Å²) in [6, 6.07) is 0. The van der Waals surface area contributed by atoms with Crippen LogP contribution < -0.4 is 0 Å². The van der Waals surface area contributed by atoms with Crippen molar-refractivity contribution in [3.05, 3.63) is 97.2 Å². The number of rotatable bonds is 47. The third-order valence-electron chi connectivity index (χ3n) is 11.0. The average Bonchev–Trinajstić information content (AvgIpc) is 3.30. The summed E-state index contributed by atoms with van der Waals surface area (Å²) in [5.74, 6) is -0.952. The molecule has 1 atom stereocenters. The van der Waals surface area contributed by atoms with Gasteiger partial charge in [0.15, 0.2) is 6.10 Å². The maximum absolute atomic E-state index is 12.8. The van der Waals surface area contributed by atoms with E-state index < -0.39 is 6.10 Å². The number of unbranched alkanes of at least 4 members (excludes halogenated alkanes) is 20. The summed E-state index contributed by atoms with van der Waals surface area (Å²) in [6.45, 7) is 6.42. The van der Waals surface area contributed by atoms with Gasteiger partial charge in [-0.2, -0.15) is 0 Å². The number of carbonyl (C=O) groups excluding carboxylic acids is 3. The summed E-state index contributed by atoms with van der Waals surface area (Å²) in [7, 11) is 0. The number of ether oxygens (including phenoxy) is 3. The fourth-order valence-electron chi connectivity index (χ4n) is 7.01. The number of esters is 3. The topological polar surface area (TPSA) is 78.9 Å². The first-order chi connectivity index (χ1) is 32.0. The van der Waals surface area contributed by atoms with Crippen LogP contribution in [0.3, 0.4) is 0 Å². The second-order valence-corrected chi connectivity index (χ2v) is 17.4. The largest absolute Gasteiger partial charge is 0.462 e. The Labute approximate surface area is 400 Å². The van der Waals surface area contributed by atoms with Crippen molar-refractivity contribution in [1.29, 1.82) is 0 Å². The summed E-state index contributed by atoms with van der Waals surface area (Å²) in [5.41, 5.74) is 0. The molecule has 0 rings (SSSR count). The van der Waals surface area contributed by atoms with E-state index in [-0.39, 0.29) is 31.1 Å². The van der Waals surface area contributed by atoms with Crippen molar-refractivity contribution in [2.45, 2.75) is 245 Å². The van der Waals surface area contributed by atoms with E-state index in [1.165, 1.54) is 51.4 Å². The van der Waals surface area contributed by atoms with Crippen LogP contribution in [-0.4, -0.2) is 37.2 Å². The lowest BCUT2D eigenvalue weighted by atomic mass is 10.1. The van der Waals surface area contributed by atoms with Crippen molar-refractivity contribution in [2.24, 2.45) is 0 Å². The first kappa shape index (κ1) is 61.3. The molecule has 6 heteroatoms. The Balaban J connectivity index is 4.49. The van der Waals surface area contributed by atoms with Crippen LogP contribution in [0.4, 0.5) is 0 Å². The molecule has 0 N–H and O–H groups in total. The molecular weight excluding hydrogens is 805 g/mol. The van der Waals surface area contributed by atoms with Gasteiger partial charge in [0, 0.05) is 19.3 Å². The molecule has 65 heavy (non-hydrogen) atoms. The first-order valence-electron chi connectivity index (χ1n) is 26.7. The maximum atomic E-state index is 12.8. The number of carbonyl (C=O) groups is 3. The number of hydrogen-bond acceptors (Lipinski definition) is 6. The predicted molar refractivity (Wildman–Crippen MR) is 279 cm³/mol. The molecule has 0 aliphatic rings. The maximum Gasteiger partial charge on any atom is 0.306 e. The molecule has 0 saturated carbocycles. The minimum atomic E-state index is -0.802. The van der Waals surface area contributed by atoms with E-state index in [2.05, 4.69) is 118 Å². The lowest BCUT2D eigenvalue weighted by molar-refractivity contribution is -0.167. The molecule has 0 aromatic heterocycles. The van der Waals surface area contributed by atoms with E-state index in [9.17, 15) is 14.4 Å². The van der Waals surface area contributed by atoms with E-state index in [0.717, 1.165) is 148 Å². The minimum absolute atomic E-state index is 0.0997. The molecule has 1 unspecified atom stereocenters. The first-order valence-corrected chi connectivity index (χ1v) is 26.7. The summed E-state index contributed by atoms with van der Waals surface area (Å²) in [4.78, 5) is 38.0. The molecule has 0 aliphatic carbocycles. The quantitative estimate of drug-likeness (QED) is 0.0262. The van der Waals surface area contributed by atoms with Crippen molar-refractivity contribution in [2.75, 3.05) is 13.2 Å². The molecule has 0 aliphatic heterocycles. The molecular formula is C59H98O6. The van der Waals surface area contributed by atoms with Crippen LogP contribution in [0.2, 0.25) is 0 Å². The summed E-state index contributed by atoms with van der Waals surface area (Å²) in [5, 5.41) is 0. The van der Waals surface area contributed by atoms with Crippen molar-refractivity contribution >= 4 is 17.9 Å². The van der Waals surface area contributed by atoms with Gasteiger partial charge in [0.2, 0.25) is 0 Å². The van der Waals surface area contributed by atoms with Gasteiger partial charge in [0.1, 0.15) is 13.2 Å². The Kier molecular flexibility index (Phi) is 50.0. The van der Waals surface area contributed by atoms with Gasteiger partial charge in [0.25, 0.3) is 0 Å². The Bertz CT molecular complexity index is 1310. The molecule has 0 amide bonds. The fourth-order valence-corrected chi connectivity index (χ4v) is 7.01. The zero-order valence-corrected chi connectivity index (χ0v) is 42.2. The van der Waals surface area contributed by atoms with Crippen molar-refractivity contribution < 1.29 is 28.6 Å². The second kappa shape index (κ2) is 52.9. The standard InChI is InChI=1S/C59H98O6/c1-4-7-10-13-16-19-22-25-28-30-32-34-37-40-43-46-49-52-58(61)64-55-56(54-63-57(60)51-48-45-42-39-36-33-27-24-21-18-15-12-9-6-3)65-59(62)53-50-47-44-41-38-35-31-29-26-23-20-17-14-11-8-5-2/h7,10,15-16,18-20,23-25,27-29,31-32,34,56H,4-6,8-9,11-14,17,21-22,26,30,33,35-55H2,1-3H3/b10-7-,18-15-,19-16-,23-20-,27-24-,28-25-,31-29-,34-32-. The van der Waals surface area contributed by atoms with E-state index in [4.69, 9.17) is 14.2 Å². The van der Waals surface area contributed by atoms with E-state index in [1.54, 1.807) is 0 Å². The average molecular weight is 903 g/mol. The highest BCUT2D eigenvalue weighted by molar-refractivity contribution is 5.71. The predicted octanol–water partition coefficient (Wildman–Crippen LogP) is 17.8. The van der Waals surface area contributed by atoms with Gasteiger partial charge in [-0.15, -0.1) is 0 Å². The highest BCUT2D eigenvalue weighted by atomic mass is 16.6. The normalized spacial score (nSPS) is 12.8. The molecule has 0 radical (unpaired) electrons. The monoisotopic (exact) mass is 903 g/mol. The Morgan fingerprint density at radius 1 is 0.323 bits per heavy atom. The molecule has 0 fully saturated rings. The third kappa shape index (κ3) is 51.2. The summed E-state index contributed by atoms with van der Waals surface area (Å²) in [6.07, 6.45) is 69.5. The third-order valence-corrected chi connectivity index (χ3v) is 11.0. The summed E-state index contributed by atoms with van der Waals surface area (Å²) < 4.78 is 16.8. The smallest absolute Gasteiger partial charge is 0.306 e. The zero-order chi connectivity index (χ0) is 47.2. The van der Waals surface area contributed by atoms with Crippen LogP contribution in [0.1, 0.15) is 239 Å². The Hall–Kier alpha value is -3.67. The van der Waals surface area contributed by atoms with E-state index >= 15 is 0 Å². The van der Waals surface area contributed by atoms with Gasteiger partial charge in [-0.25, -0.2) is 0 Å². The molecule has 6 nitrogen and oxygen atoms in total. The molecule has 0 spiro atoms. The molecule has 0 aromatic carbocycles. The number of hydrogen-bond donors (Lipinski definition) is 0. The van der Waals surface area contributed by atoms with Gasteiger partial charge in [-0.1, -0.05) is 201 Å². The molecule has 0 saturated heterocycles. The van der Waals surface area contributed by atoms with Gasteiger partial charge in [-0.3, -0.25) is 14.4 Å². The van der Waals surface area contributed by atoms with Crippen molar-refractivity contribution in [3.63, 3.8) is 0 Å². The molecule has 0 bridgehead atoms. The second-order valence-electron chi connectivity index (χ2n) is 17.4. The van der Waals surface area contributed by atoms with E-state index in [0.29, 0.717) is 19.3 Å². The highest BCUT2D eigenvalue weighted by Gasteiger charge is 2.19. The minimum Gasteiger partial charge on any atom is -0.462 e. The lowest BCUT2D eigenvalue weighted by Crippen LogP contribution is -2.30. The Morgan fingerprint density at radius 2 is 0.615 bits per heavy atom. The summed E-state index contributed by atoms with van der Waals surface area (Å²) >= 11 is 0. The van der Waals surface area contributed by atoms with Gasteiger partial charge >= 0.3 is 17.9 Å². The SMILES string of the molecule is CC/C=C\C/C=C\C/C=C\C/C=C\CCCCCCC(=O)OCC(COC(=O)CCCCCCC/C=C\C/C=C\CCCC)OC(=O)CCCCCCC/C=C\C/C=C\CCCCCC. The molecule has 0 heterocycles. The molecule has 370 valence electrons. The van der Waals surface area contributed by atoms with Crippen molar-refractivity contribution in [1.82, 2.24) is 0 Å². The zero-order valence-electron chi connectivity index (χ0n) is 42.2. The molecule has 0 aromatic rings. The lowest BCUT2D eigenvalue weighted by Gasteiger charge is -2.18. The Morgan fingerprint density at radius 3 is 0.985 bits per heavy atom. The fraction of sp³-hybridized carbons (Fsp3) is 0.678. The van der Waals surface area contributed by atoms with Gasteiger partial charge < -0.3 is 14.2 Å². The van der Waals surface area contributed by atoms with Crippen LogP contribution in [0.25, 0.3) is 0 Å². The van der Waals surface area contributed by atoms with Crippen LogP contribution in [-0.2, 0) is 28.6 Å². The van der Waals surface area contributed by atoms with Crippen molar-refractivity contribution in [3.8, 4) is 0 Å². The van der Waals surface area contributed by atoms with Gasteiger partial charge in [0.05, 0.1) is 0 Å². The van der Waals surface area contributed by atoms with Crippen LogP contribution in [0.15, 0.2) is 97.2 Å². The van der Waals surface area contributed by atoms with Crippen LogP contribution >= 0.6 is 0 Å². The van der Waals surface area contributed by atoms with Crippen LogP contribution in [0.5, 0.6) is 0 Å². The van der Waals surface area contributed by atoms with Gasteiger partial charge in [-0.05, 0) is 116 Å². The van der Waals surface area contributed by atoms with E-state index in [1.807, 2.05) is 0 Å². The number of allylic oxidation sites excluding steroid dienone is 16. The highest BCUT2D eigenvalue weighted by Crippen LogP contribution is 2.13.